The zero-order chi connectivity index (χ0) is 12.5. The summed E-state index contributed by atoms with van der Waals surface area (Å²) >= 11 is 6.16. The van der Waals surface area contributed by atoms with Crippen molar-refractivity contribution in [3.05, 3.63) is 53.3 Å². The molecule has 0 unspecified atom stereocenters. The van der Waals surface area contributed by atoms with Gasteiger partial charge in [-0.1, -0.05) is 29.8 Å². The van der Waals surface area contributed by atoms with Gasteiger partial charge in [-0.3, -0.25) is 0 Å². The van der Waals surface area contributed by atoms with E-state index in [1.807, 2.05) is 42.6 Å². The molecule has 0 amide bonds. The van der Waals surface area contributed by atoms with Gasteiger partial charge in [0.25, 0.3) is 0 Å². The minimum absolute atomic E-state index is 0.408. The highest BCUT2D eigenvalue weighted by Crippen LogP contribution is 2.25. The van der Waals surface area contributed by atoms with Crippen molar-refractivity contribution in [1.82, 2.24) is 14.6 Å². The second-order valence-electron chi connectivity index (χ2n) is 3.94. The van der Waals surface area contributed by atoms with Gasteiger partial charge in [-0.15, -0.1) is 0 Å². The van der Waals surface area contributed by atoms with Crippen LogP contribution in [0.2, 0.25) is 5.02 Å². The van der Waals surface area contributed by atoms with Gasteiger partial charge in [0.15, 0.2) is 5.65 Å². The van der Waals surface area contributed by atoms with E-state index in [-0.39, 0.29) is 0 Å². The number of benzene rings is 1. The van der Waals surface area contributed by atoms with Crippen LogP contribution in [-0.2, 0) is 6.54 Å². The molecule has 1 aromatic carbocycles. The Bertz CT molecular complexity index is 705. The lowest BCUT2D eigenvalue weighted by Gasteiger charge is -2.03. The maximum atomic E-state index is 6.16. The van der Waals surface area contributed by atoms with Gasteiger partial charge in [0.1, 0.15) is 0 Å². The number of hydrogen-bond donors (Lipinski definition) is 1. The van der Waals surface area contributed by atoms with Gasteiger partial charge < -0.3 is 5.73 Å². The number of halogens is 1. The predicted octanol–water partition coefficient (Wildman–Crippen LogP) is 2.51. The van der Waals surface area contributed by atoms with Gasteiger partial charge in [-0.2, -0.15) is 5.10 Å². The first-order valence-electron chi connectivity index (χ1n) is 5.58. The topological polar surface area (TPSA) is 56.2 Å². The third-order valence-corrected chi connectivity index (χ3v) is 3.06. The van der Waals surface area contributed by atoms with Gasteiger partial charge in [0.05, 0.1) is 22.6 Å². The van der Waals surface area contributed by atoms with E-state index in [1.54, 1.807) is 4.52 Å². The smallest absolute Gasteiger partial charge is 0.153 e. The fourth-order valence-electron chi connectivity index (χ4n) is 1.84. The molecule has 0 saturated carbocycles. The standard InChI is InChI=1S/C13H11ClN4/c14-11-4-2-1-3-10(11)12-5-6-13-16-9(7-15)8-18(13)17-12/h1-6,8H,7,15H2. The number of nitrogens with two attached hydrogens (primary N) is 1. The number of aromatic nitrogens is 3. The summed E-state index contributed by atoms with van der Waals surface area (Å²) in [7, 11) is 0. The molecule has 0 spiro atoms. The van der Waals surface area contributed by atoms with Crippen molar-refractivity contribution in [2.75, 3.05) is 0 Å². The Labute approximate surface area is 109 Å². The minimum Gasteiger partial charge on any atom is -0.325 e. The van der Waals surface area contributed by atoms with Gasteiger partial charge in [0, 0.05) is 12.1 Å². The van der Waals surface area contributed by atoms with E-state index in [0.29, 0.717) is 11.6 Å². The summed E-state index contributed by atoms with van der Waals surface area (Å²) in [6, 6.07) is 11.4. The van der Waals surface area contributed by atoms with Crippen LogP contribution in [0, 0.1) is 0 Å². The maximum Gasteiger partial charge on any atom is 0.153 e. The molecule has 0 fully saturated rings. The molecule has 90 valence electrons. The van der Waals surface area contributed by atoms with E-state index in [1.165, 1.54) is 0 Å². The first-order valence-corrected chi connectivity index (χ1v) is 5.96. The summed E-state index contributed by atoms with van der Waals surface area (Å²) < 4.78 is 1.72. The van der Waals surface area contributed by atoms with Crippen LogP contribution >= 0.6 is 11.6 Å². The molecular weight excluding hydrogens is 248 g/mol. The Morgan fingerprint density at radius 3 is 2.78 bits per heavy atom. The van der Waals surface area contributed by atoms with Crippen molar-refractivity contribution >= 4 is 17.2 Å². The summed E-state index contributed by atoms with van der Waals surface area (Å²) in [5.74, 6) is 0. The van der Waals surface area contributed by atoms with Crippen LogP contribution in [0.5, 0.6) is 0 Å². The lowest BCUT2D eigenvalue weighted by molar-refractivity contribution is 0.934. The van der Waals surface area contributed by atoms with Gasteiger partial charge >= 0.3 is 0 Å². The average molecular weight is 259 g/mol. The highest BCUT2D eigenvalue weighted by Gasteiger charge is 2.06. The Kier molecular flexibility index (Phi) is 2.74. The van der Waals surface area contributed by atoms with Crippen molar-refractivity contribution in [2.45, 2.75) is 6.54 Å². The molecule has 0 saturated heterocycles. The van der Waals surface area contributed by atoms with Crippen molar-refractivity contribution in [1.29, 1.82) is 0 Å². The number of fused-ring (bicyclic) bond motifs is 1. The first-order chi connectivity index (χ1) is 8.78. The van der Waals surface area contributed by atoms with Crippen molar-refractivity contribution < 1.29 is 0 Å². The zero-order valence-corrected chi connectivity index (χ0v) is 10.3. The van der Waals surface area contributed by atoms with Gasteiger partial charge in [-0.25, -0.2) is 9.50 Å². The first kappa shape index (κ1) is 11.2. The van der Waals surface area contributed by atoms with Crippen LogP contribution in [0.3, 0.4) is 0 Å². The van der Waals surface area contributed by atoms with E-state index in [4.69, 9.17) is 17.3 Å². The molecule has 2 N–H and O–H groups in total. The lowest BCUT2D eigenvalue weighted by Crippen LogP contribution is -1.95. The molecule has 0 aliphatic heterocycles. The van der Waals surface area contributed by atoms with Crippen LogP contribution in [0.1, 0.15) is 5.69 Å². The summed E-state index contributed by atoms with van der Waals surface area (Å²) in [6.07, 6.45) is 1.83. The normalized spacial score (nSPS) is 11.0. The molecule has 0 aliphatic carbocycles. The molecule has 0 atom stereocenters. The van der Waals surface area contributed by atoms with Crippen LogP contribution in [-0.4, -0.2) is 14.6 Å². The van der Waals surface area contributed by atoms with Crippen molar-refractivity contribution in [3.63, 3.8) is 0 Å². The Morgan fingerprint density at radius 2 is 2.00 bits per heavy atom. The number of nitrogens with zero attached hydrogens (tertiary/aromatic N) is 3. The van der Waals surface area contributed by atoms with E-state index in [9.17, 15) is 0 Å². The quantitative estimate of drug-likeness (QED) is 0.768. The van der Waals surface area contributed by atoms with Gasteiger partial charge in [0.2, 0.25) is 0 Å². The van der Waals surface area contributed by atoms with Crippen LogP contribution in [0.25, 0.3) is 16.9 Å². The molecule has 0 aliphatic rings. The Balaban J connectivity index is 2.16. The van der Waals surface area contributed by atoms with Gasteiger partial charge in [-0.05, 0) is 18.2 Å². The number of hydrogen-bond acceptors (Lipinski definition) is 3. The molecule has 5 heteroatoms. The molecule has 18 heavy (non-hydrogen) atoms. The van der Waals surface area contributed by atoms with Crippen LogP contribution in [0.15, 0.2) is 42.6 Å². The fourth-order valence-corrected chi connectivity index (χ4v) is 2.07. The second kappa shape index (κ2) is 4.40. The van der Waals surface area contributed by atoms with E-state index in [2.05, 4.69) is 10.1 Å². The zero-order valence-electron chi connectivity index (χ0n) is 9.55. The lowest BCUT2D eigenvalue weighted by atomic mass is 10.1. The molecule has 3 aromatic rings. The molecule has 0 radical (unpaired) electrons. The molecule has 3 rings (SSSR count). The Hall–Kier alpha value is -1.91. The summed E-state index contributed by atoms with van der Waals surface area (Å²) in [5, 5.41) is 5.17. The summed E-state index contributed by atoms with van der Waals surface area (Å²) in [6.45, 7) is 0.408. The van der Waals surface area contributed by atoms with Crippen LogP contribution in [0.4, 0.5) is 0 Å². The maximum absolute atomic E-state index is 6.16. The molecule has 2 heterocycles. The third kappa shape index (κ3) is 1.85. The number of rotatable bonds is 2. The van der Waals surface area contributed by atoms with E-state index < -0.39 is 0 Å². The fraction of sp³-hybridized carbons (Fsp3) is 0.0769. The van der Waals surface area contributed by atoms with E-state index in [0.717, 1.165) is 22.6 Å². The highest BCUT2D eigenvalue weighted by molar-refractivity contribution is 6.33. The third-order valence-electron chi connectivity index (χ3n) is 2.73. The second-order valence-corrected chi connectivity index (χ2v) is 4.34. The molecule has 4 nitrogen and oxygen atoms in total. The van der Waals surface area contributed by atoms with E-state index >= 15 is 0 Å². The number of imidazole rings is 1. The summed E-state index contributed by atoms with van der Waals surface area (Å²) in [5.41, 5.74) is 8.88. The van der Waals surface area contributed by atoms with Crippen molar-refractivity contribution in [2.24, 2.45) is 5.73 Å². The minimum atomic E-state index is 0.408. The predicted molar refractivity (Wildman–Crippen MR) is 71.3 cm³/mol. The summed E-state index contributed by atoms with van der Waals surface area (Å²) in [4.78, 5) is 4.33. The molecule has 2 aromatic heterocycles. The largest absolute Gasteiger partial charge is 0.325 e. The highest BCUT2D eigenvalue weighted by atomic mass is 35.5. The van der Waals surface area contributed by atoms with Crippen LogP contribution < -0.4 is 5.73 Å². The molecular formula is C13H11ClN4. The monoisotopic (exact) mass is 258 g/mol. The average Bonchev–Trinajstić information content (AvgIpc) is 2.81. The SMILES string of the molecule is NCc1cn2nc(-c3ccccc3Cl)ccc2n1. The Morgan fingerprint density at radius 1 is 1.17 bits per heavy atom. The van der Waals surface area contributed by atoms with Crippen molar-refractivity contribution in [3.8, 4) is 11.3 Å². The molecule has 0 bridgehead atoms.